The molecule has 1 saturated heterocycles. The average Bonchev–Trinajstić information content (AvgIpc) is 3.30. The summed E-state index contributed by atoms with van der Waals surface area (Å²) in [4.78, 5) is 25.5. The number of hydrogen-bond acceptors (Lipinski definition) is 7. The number of thiophene rings is 1. The first-order chi connectivity index (χ1) is 13.6. The number of carbonyl (C=O) groups excluding carboxylic acids is 1. The molecule has 1 fully saturated rings. The van der Waals surface area contributed by atoms with Crippen molar-refractivity contribution < 1.29 is 9.53 Å². The van der Waals surface area contributed by atoms with Gasteiger partial charge in [0.15, 0.2) is 5.65 Å². The second-order valence-electron chi connectivity index (χ2n) is 6.90. The topological polar surface area (TPSA) is 86.0 Å². The summed E-state index contributed by atoms with van der Waals surface area (Å²) in [6.45, 7) is 3.80. The third-order valence-electron chi connectivity index (χ3n) is 4.96. The highest BCUT2D eigenvalue weighted by Crippen LogP contribution is 2.29. The summed E-state index contributed by atoms with van der Waals surface area (Å²) in [6.07, 6.45) is 1.77. The molecule has 5 rings (SSSR count). The second kappa shape index (κ2) is 6.61. The van der Waals surface area contributed by atoms with Gasteiger partial charge in [-0.3, -0.25) is 4.79 Å². The van der Waals surface area contributed by atoms with E-state index in [-0.39, 0.29) is 11.9 Å². The number of nitrogens with zero attached hydrogens (tertiary/aromatic N) is 6. The van der Waals surface area contributed by atoms with Gasteiger partial charge in [0.25, 0.3) is 5.91 Å². The van der Waals surface area contributed by atoms with Crippen LogP contribution in [0.25, 0.3) is 32.6 Å². The first-order valence-corrected chi connectivity index (χ1v) is 9.87. The maximum absolute atomic E-state index is 12.9. The summed E-state index contributed by atoms with van der Waals surface area (Å²) in [7, 11) is 1.81. The van der Waals surface area contributed by atoms with Crippen molar-refractivity contribution in [2.45, 2.75) is 13.0 Å². The molecule has 0 aliphatic carbocycles. The Morgan fingerprint density at radius 2 is 2.21 bits per heavy atom. The number of amides is 1. The fraction of sp³-hybridized carbons (Fsp3) is 0.316. The van der Waals surface area contributed by atoms with Crippen LogP contribution in [0.2, 0.25) is 0 Å². The second-order valence-corrected chi connectivity index (χ2v) is 7.93. The fourth-order valence-electron chi connectivity index (χ4n) is 3.42. The maximum atomic E-state index is 12.9. The van der Waals surface area contributed by atoms with Crippen molar-refractivity contribution in [1.29, 1.82) is 0 Å². The van der Waals surface area contributed by atoms with Crippen molar-refractivity contribution in [1.82, 2.24) is 29.9 Å². The number of carbonyl (C=O) groups is 1. The largest absolute Gasteiger partial charge is 0.377 e. The van der Waals surface area contributed by atoms with E-state index in [2.05, 4.69) is 15.3 Å². The fourth-order valence-corrected chi connectivity index (χ4v) is 4.41. The van der Waals surface area contributed by atoms with Crippen LogP contribution >= 0.6 is 11.3 Å². The van der Waals surface area contributed by atoms with Crippen molar-refractivity contribution >= 4 is 38.6 Å². The van der Waals surface area contributed by atoms with E-state index in [4.69, 9.17) is 9.72 Å². The number of ether oxygens (including phenoxy) is 1. The van der Waals surface area contributed by atoms with Gasteiger partial charge in [-0.25, -0.2) is 14.6 Å². The number of fused-ring (bicyclic) bond motifs is 2. The number of aryl methyl sites for hydroxylation is 1. The van der Waals surface area contributed by atoms with E-state index in [1.54, 1.807) is 10.9 Å². The van der Waals surface area contributed by atoms with Crippen molar-refractivity contribution in [3.8, 4) is 11.3 Å². The van der Waals surface area contributed by atoms with Gasteiger partial charge in [0.2, 0.25) is 0 Å². The highest BCUT2D eigenvalue weighted by atomic mass is 32.1. The summed E-state index contributed by atoms with van der Waals surface area (Å²) in [6, 6.07) is 7.87. The van der Waals surface area contributed by atoms with Gasteiger partial charge in [-0.2, -0.15) is 0 Å². The molecule has 0 bridgehead atoms. The molecule has 9 heteroatoms. The summed E-state index contributed by atoms with van der Waals surface area (Å²) in [5.41, 5.74) is 3.13. The highest BCUT2D eigenvalue weighted by molar-refractivity contribution is 7.20. The highest BCUT2D eigenvalue weighted by Gasteiger charge is 2.26. The average molecular weight is 394 g/mol. The Bertz CT molecular complexity index is 1200. The van der Waals surface area contributed by atoms with Gasteiger partial charge >= 0.3 is 0 Å². The Morgan fingerprint density at radius 1 is 1.32 bits per heavy atom. The molecule has 0 unspecified atom stereocenters. The van der Waals surface area contributed by atoms with E-state index in [0.29, 0.717) is 24.6 Å². The lowest BCUT2D eigenvalue weighted by Gasteiger charge is -2.32. The molecule has 0 N–H and O–H groups in total. The lowest BCUT2D eigenvalue weighted by atomic mass is 10.1. The molecule has 142 valence electrons. The molecule has 0 saturated carbocycles. The Kier molecular flexibility index (Phi) is 4.06. The first-order valence-electron chi connectivity index (χ1n) is 9.05. The van der Waals surface area contributed by atoms with Crippen LogP contribution in [0.4, 0.5) is 0 Å². The molecule has 5 heterocycles. The van der Waals surface area contributed by atoms with Crippen molar-refractivity contribution in [3.05, 3.63) is 35.3 Å². The number of rotatable bonds is 2. The van der Waals surface area contributed by atoms with Gasteiger partial charge in [-0.05, 0) is 31.2 Å². The molecule has 28 heavy (non-hydrogen) atoms. The Morgan fingerprint density at radius 3 is 3.07 bits per heavy atom. The minimum absolute atomic E-state index is 0.0444. The van der Waals surface area contributed by atoms with Crippen molar-refractivity contribution in [2.75, 3.05) is 19.8 Å². The predicted molar refractivity (Wildman–Crippen MR) is 106 cm³/mol. The van der Waals surface area contributed by atoms with Crippen LogP contribution < -0.4 is 0 Å². The van der Waals surface area contributed by atoms with Crippen LogP contribution in [0.1, 0.15) is 16.6 Å². The van der Waals surface area contributed by atoms with Crippen molar-refractivity contribution in [3.63, 3.8) is 0 Å². The zero-order valence-electron chi connectivity index (χ0n) is 15.5. The van der Waals surface area contributed by atoms with Gasteiger partial charge in [-0.1, -0.05) is 5.21 Å². The zero-order valence-corrected chi connectivity index (χ0v) is 16.3. The van der Waals surface area contributed by atoms with Gasteiger partial charge in [-0.15, -0.1) is 16.4 Å². The summed E-state index contributed by atoms with van der Waals surface area (Å²) < 4.78 is 7.07. The molecule has 1 amide bonds. The molecular formula is C19H18N6O2S. The van der Waals surface area contributed by atoms with Crippen LogP contribution in [0.3, 0.4) is 0 Å². The summed E-state index contributed by atoms with van der Waals surface area (Å²) in [5, 5.41) is 9.07. The van der Waals surface area contributed by atoms with E-state index in [9.17, 15) is 4.79 Å². The smallest absolute Gasteiger partial charge is 0.264 e. The van der Waals surface area contributed by atoms with Gasteiger partial charge < -0.3 is 9.64 Å². The van der Waals surface area contributed by atoms with E-state index < -0.39 is 0 Å². The summed E-state index contributed by atoms with van der Waals surface area (Å²) >= 11 is 1.42. The van der Waals surface area contributed by atoms with E-state index in [1.165, 1.54) is 11.3 Å². The molecular weight excluding hydrogens is 376 g/mol. The molecule has 0 aromatic carbocycles. The molecule has 1 aliphatic heterocycles. The maximum Gasteiger partial charge on any atom is 0.264 e. The van der Waals surface area contributed by atoms with E-state index >= 15 is 0 Å². The van der Waals surface area contributed by atoms with Crippen LogP contribution in [0.5, 0.6) is 0 Å². The van der Waals surface area contributed by atoms with Crippen LogP contribution in [0, 0.1) is 0 Å². The first kappa shape index (κ1) is 17.2. The lowest BCUT2D eigenvalue weighted by molar-refractivity contribution is 0.00387. The normalized spacial score (nSPS) is 17.5. The van der Waals surface area contributed by atoms with Crippen LogP contribution in [-0.2, 0) is 11.8 Å². The third-order valence-corrected chi connectivity index (χ3v) is 5.99. The monoisotopic (exact) mass is 394 g/mol. The molecule has 1 aliphatic rings. The standard InChI is InChI=1S/C19H18N6O2S/c1-11-10-27-6-5-25(11)19(26)16-8-12-3-4-14(21-18(12)28-16)13-7-15-17(20-9-13)24(2)23-22-15/h3-4,7-9,11H,5-6,10H2,1-2H3/t11-/m1/s1. The quantitative estimate of drug-likeness (QED) is 0.519. The Balaban J connectivity index is 1.49. The van der Waals surface area contributed by atoms with E-state index in [0.717, 1.165) is 32.6 Å². The molecule has 8 nitrogen and oxygen atoms in total. The minimum Gasteiger partial charge on any atom is -0.377 e. The molecule has 0 spiro atoms. The minimum atomic E-state index is 0.0444. The molecule has 0 radical (unpaired) electrons. The Hall–Kier alpha value is -2.91. The molecule has 4 aromatic rings. The zero-order chi connectivity index (χ0) is 19.3. The van der Waals surface area contributed by atoms with E-state index in [1.807, 2.05) is 43.1 Å². The van der Waals surface area contributed by atoms with Crippen LogP contribution in [-0.4, -0.2) is 61.6 Å². The molecule has 4 aromatic heterocycles. The van der Waals surface area contributed by atoms with Crippen LogP contribution in [0.15, 0.2) is 30.5 Å². The third kappa shape index (κ3) is 2.83. The Labute approximate surface area is 164 Å². The van der Waals surface area contributed by atoms with Gasteiger partial charge in [0.1, 0.15) is 10.3 Å². The van der Waals surface area contributed by atoms with Crippen molar-refractivity contribution in [2.24, 2.45) is 7.05 Å². The van der Waals surface area contributed by atoms with Gasteiger partial charge in [0.05, 0.1) is 29.8 Å². The number of pyridine rings is 2. The summed E-state index contributed by atoms with van der Waals surface area (Å²) in [5.74, 6) is 0.0444. The number of aromatic nitrogens is 5. The SMILES string of the molecule is C[C@@H]1COCCN1C(=O)c1cc2ccc(-c3cnc4c(c3)nnn4C)nc2s1. The lowest BCUT2D eigenvalue weighted by Crippen LogP contribution is -2.46. The number of hydrogen-bond donors (Lipinski definition) is 0. The number of morpholine rings is 1. The molecule has 1 atom stereocenters. The predicted octanol–water partition coefficient (Wildman–Crippen LogP) is 2.50. The van der Waals surface area contributed by atoms with Gasteiger partial charge in [0, 0.05) is 30.7 Å².